The summed E-state index contributed by atoms with van der Waals surface area (Å²) in [5, 5.41) is 2.74. The molecule has 0 spiro atoms. The molecule has 1 rings (SSSR count). The molecule has 4 nitrogen and oxygen atoms in total. The van der Waals surface area contributed by atoms with Crippen LogP contribution in [0.2, 0.25) is 0 Å². The fourth-order valence-corrected chi connectivity index (χ4v) is 0.825. The van der Waals surface area contributed by atoms with Crippen molar-refractivity contribution in [2.75, 3.05) is 5.32 Å². The molecule has 76 valence electrons. The second-order valence-corrected chi connectivity index (χ2v) is 4.19. The van der Waals surface area contributed by atoms with Crippen molar-refractivity contribution in [3.63, 3.8) is 0 Å². The number of aromatic nitrogens is 2. The number of nitrogens with zero attached hydrogens (tertiary/aromatic N) is 2. The molecule has 0 aromatic carbocycles. The Bertz CT molecular complexity index is 341. The Morgan fingerprint density at radius 1 is 1.29 bits per heavy atom. The molecule has 4 heteroatoms. The van der Waals surface area contributed by atoms with Crippen molar-refractivity contribution < 1.29 is 4.79 Å². The number of hydrogen-bond donors (Lipinski definition) is 1. The molecular formula is C10H15N3O. The first kappa shape index (κ1) is 10.6. The maximum atomic E-state index is 11.6. The van der Waals surface area contributed by atoms with Crippen molar-refractivity contribution in [3.8, 4) is 0 Å². The Morgan fingerprint density at radius 2 is 1.86 bits per heavy atom. The first-order valence-corrected chi connectivity index (χ1v) is 4.50. The minimum absolute atomic E-state index is 0.0545. The van der Waals surface area contributed by atoms with Crippen LogP contribution in [-0.4, -0.2) is 15.9 Å². The highest BCUT2D eigenvalue weighted by Gasteiger charge is 2.22. The second-order valence-electron chi connectivity index (χ2n) is 4.19. The normalized spacial score (nSPS) is 11.1. The van der Waals surface area contributed by atoms with Crippen LogP contribution in [-0.2, 0) is 4.79 Å². The zero-order chi connectivity index (χ0) is 10.8. The molecule has 14 heavy (non-hydrogen) atoms. The number of carbonyl (C=O) groups excluding carboxylic acids is 1. The lowest BCUT2D eigenvalue weighted by Gasteiger charge is -2.17. The summed E-state index contributed by atoms with van der Waals surface area (Å²) in [5.41, 5.74) is 0.314. The van der Waals surface area contributed by atoms with Crippen LogP contribution < -0.4 is 5.32 Å². The summed E-state index contributed by atoms with van der Waals surface area (Å²) in [5.74, 6) is 0.480. The predicted octanol–water partition coefficient (Wildman–Crippen LogP) is 1.77. The summed E-state index contributed by atoms with van der Waals surface area (Å²) < 4.78 is 0. The Kier molecular flexibility index (Phi) is 2.84. The van der Waals surface area contributed by atoms with Crippen molar-refractivity contribution in [2.24, 2.45) is 5.41 Å². The monoisotopic (exact) mass is 193 g/mol. The van der Waals surface area contributed by atoms with Gasteiger partial charge in [0.2, 0.25) is 5.91 Å². The van der Waals surface area contributed by atoms with Crippen molar-refractivity contribution in [2.45, 2.75) is 27.7 Å². The van der Waals surface area contributed by atoms with E-state index in [9.17, 15) is 4.79 Å². The standard InChI is InChI=1S/C10H15N3O/c1-7-8(12-6-5-11-7)13-9(14)10(2,3)4/h5-6H,1-4H3,(H,12,13,14). The molecule has 0 saturated heterocycles. The Balaban J connectivity index is 2.80. The van der Waals surface area contributed by atoms with E-state index in [1.54, 1.807) is 12.4 Å². The maximum Gasteiger partial charge on any atom is 0.230 e. The van der Waals surface area contributed by atoms with Crippen LogP contribution in [0.1, 0.15) is 26.5 Å². The van der Waals surface area contributed by atoms with E-state index in [1.807, 2.05) is 27.7 Å². The summed E-state index contributed by atoms with van der Waals surface area (Å²) in [6.07, 6.45) is 3.16. The van der Waals surface area contributed by atoms with Crippen molar-refractivity contribution in [1.82, 2.24) is 9.97 Å². The van der Waals surface area contributed by atoms with E-state index in [4.69, 9.17) is 0 Å². The largest absolute Gasteiger partial charge is 0.309 e. The van der Waals surface area contributed by atoms with Gasteiger partial charge < -0.3 is 5.32 Å². The summed E-state index contributed by atoms with van der Waals surface area (Å²) in [4.78, 5) is 19.7. The van der Waals surface area contributed by atoms with Crippen molar-refractivity contribution >= 4 is 11.7 Å². The van der Waals surface area contributed by atoms with Crippen LogP contribution in [0.15, 0.2) is 12.4 Å². The summed E-state index contributed by atoms with van der Waals surface area (Å²) >= 11 is 0. The molecule has 0 aliphatic carbocycles. The van der Waals surface area contributed by atoms with Gasteiger partial charge in [0.15, 0.2) is 5.82 Å². The van der Waals surface area contributed by atoms with Crippen LogP contribution in [0, 0.1) is 12.3 Å². The summed E-state index contributed by atoms with van der Waals surface area (Å²) in [6, 6.07) is 0. The predicted molar refractivity (Wildman–Crippen MR) is 54.9 cm³/mol. The Morgan fingerprint density at radius 3 is 2.36 bits per heavy atom. The van der Waals surface area contributed by atoms with E-state index < -0.39 is 5.41 Å². The highest BCUT2D eigenvalue weighted by molar-refractivity contribution is 5.93. The van der Waals surface area contributed by atoms with Gasteiger partial charge in [-0.05, 0) is 6.92 Å². The number of amides is 1. The number of nitrogens with one attached hydrogen (secondary N) is 1. The molecule has 0 aliphatic heterocycles. The molecule has 1 amide bonds. The van der Waals surface area contributed by atoms with E-state index >= 15 is 0 Å². The lowest BCUT2D eigenvalue weighted by atomic mass is 9.96. The molecule has 1 N–H and O–H groups in total. The molecule has 0 bridgehead atoms. The smallest absolute Gasteiger partial charge is 0.230 e. The lowest BCUT2D eigenvalue weighted by Crippen LogP contribution is -2.28. The van der Waals surface area contributed by atoms with Gasteiger partial charge in [-0.15, -0.1) is 0 Å². The van der Waals surface area contributed by atoms with Gasteiger partial charge >= 0.3 is 0 Å². The molecule has 1 heterocycles. The lowest BCUT2D eigenvalue weighted by molar-refractivity contribution is -0.123. The van der Waals surface area contributed by atoms with E-state index in [1.165, 1.54) is 0 Å². The number of rotatable bonds is 1. The molecule has 0 atom stereocenters. The zero-order valence-electron chi connectivity index (χ0n) is 8.96. The SMILES string of the molecule is Cc1nccnc1NC(=O)C(C)(C)C. The third-order valence-electron chi connectivity index (χ3n) is 1.79. The average Bonchev–Trinajstić information content (AvgIpc) is 2.07. The van der Waals surface area contributed by atoms with Gasteiger partial charge in [-0.3, -0.25) is 9.78 Å². The first-order chi connectivity index (χ1) is 6.41. The summed E-state index contributed by atoms with van der Waals surface area (Å²) in [6.45, 7) is 7.38. The third-order valence-corrected chi connectivity index (χ3v) is 1.79. The van der Waals surface area contributed by atoms with E-state index in [2.05, 4.69) is 15.3 Å². The molecule has 0 saturated carbocycles. The minimum Gasteiger partial charge on any atom is -0.309 e. The molecular weight excluding hydrogens is 178 g/mol. The fourth-order valence-electron chi connectivity index (χ4n) is 0.825. The van der Waals surface area contributed by atoms with Gasteiger partial charge in [0.05, 0.1) is 5.69 Å². The van der Waals surface area contributed by atoms with Crippen LogP contribution in [0.3, 0.4) is 0 Å². The Hall–Kier alpha value is -1.45. The quantitative estimate of drug-likeness (QED) is 0.739. The van der Waals surface area contributed by atoms with E-state index in [-0.39, 0.29) is 5.91 Å². The van der Waals surface area contributed by atoms with Crippen LogP contribution in [0.25, 0.3) is 0 Å². The van der Waals surface area contributed by atoms with Crippen molar-refractivity contribution in [3.05, 3.63) is 18.1 Å². The number of carbonyl (C=O) groups is 1. The van der Waals surface area contributed by atoms with Crippen LogP contribution >= 0.6 is 0 Å². The van der Waals surface area contributed by atoms with Gasteiger partial charge in [0, 0.05) is 17.8 Å². The molecule has 1 aromatic heterocycles. The first-order valence-electron chi connectivity index (χ1n) is 4.50. The Labute approximate surface area is 83.8 Å². The van der Waals surface area contributed by atoms with Gasteiger partial charge in [-0.2, -0.15) is 0 Å². The topological polar surface area (TPSA) is 54.9 Å². The third kappa shape index (κ3) is 2.52. The zero-order valence-corrected chi connectivity index (χ0v) is 8.96. The maximum absolute atomic E-state index is 11.6. The molecule has 0 fully saturated rings. The van der Waals surface area contributed by atoms with E-state index in [0.717, 1.165) is 5.69 Å². The van der Waals surface area contributed by atoms with Gasteiger partial charge in [-0.25, -0.2) is 4.98 Å². The number of hydrogen-bond acceptors (Lipinski definition) is 3. The highest BCUT2D eigenvalue weighted by atomic mass is 16.2. The number of anilines is 1. The van der Waals surface area contributed by atoms with Crippen LogP contribution in [0.4, 0.5) is 5.82 Å². The van der Waals surface area contributed by atoms with E-state index in [0.29, 0.717) is 5.82 Å². The van der Waals surface area contributed by atoms with Gasteiger partial charge in [0.25, 0.3) is 0 Å². The van der Waals surface area contributed by atoms with Crippen molar-refractivity contribution in [1.29, 1.82) is 0 Å². The number of aryl methyl sites for hydroxylation is 1. The molecule has 0 radical (unpaired) electrons. The average molecular weight is 193 g/mol. The summed E-state index contributed by atoms with van der Waals surface area (Å²) in [7, 11) is 0. The van der Waals surface area contributed by atoms with Gasteiger partial charge in [-0.1, -0.05) is 20.8 Å². The molecule has 0 aliphatic rings. The van der Waals surface area contributed by atoms with Gasteiger partial charge in [0.1, 0.15) is 0 Å². The minimum atomic E-state index is -0.413. The molecule has 0 unspecified atom stereocenters. The second kappa shape index (κ2) is 3.74. The van der Waals surface area contributed by atoms with Crippen LogP contribution in [0.5, 0.6) is 0 Å². The molecule has 1 aromatic rings. The fraction of sp³-hybridized carbons (Fsp3) is 0.500. The highest BCUT2D eigenvalue weighted by Crippen LogP contribution is 2.16.